The fraction of sp³-hybridized carbons (Fsp3) is 0.250. The van der Waals surface area contributed by atoms with Crippen molar-refractivity contribution in [1.29, 1.82) is 0 Å². The first-order chi connectivity index (χ1) is 8.70. The van der Waals surface area contributed by atoms with Gasteiger partial charge in [-0.2, -0.15) is 0 Å². The number of benzene rings is 1. The van der Waals surface area contributed by atoms with Crippen LogP contribution in [-0.2, 0) is 0 Å². The van der Waals surface area contributed by atoms with Gasteiger partial charge in [0.2, 0.25) is 5.82 Å². The summed E-state index contributed by atoms with van der Waals surface area (Å²) in [7, 11) is 0. The highest BCUT2D eigenvalue weighted by atomic mass is 16.6. The Kier molecular flexibility index (Phi) is 3.57. The minimum absolute atomic E-state index is 0.282. The van der Waals surface area contributed by atoms with Gasteiger partial charge in [0, 0.05) is 5.56 Å². The largest absolute Gasteiger partial charge is 0.494 e. The van der Waals surface area contributed by atoms with Gasteiger partial charge in [-0.15, -0.1) is 0 Å². The summed E-state index contributed by atoms with van der Waals surface area (Å²) in [5.41, 5.74) is 1.02. The maximum atomic E-state index is 11.9. The van der Waals surface area contributed by atoms with Crippen molar-refractivity contribution in [3.05, 3.63) is 35.5 Å². The summed E-state index contributed by atoms with van der Waals surface area (Å²) in [5.74, 6) is 0.692. The van der Waals surface area contributed by atoms with Crippen LogP contribution in [0, 0.1) is 6.92 Å². The molecule has 0 aliphatic rings. The van der Waals surface area contributed by atoms with Crippen LogP contribution in [0.15, 0.2) is 28.9 Å². The molecule has 6 nitrogen and oxygen atoms in total. The Labute approximate surface area is 104 Å². The third-order valence-corrected chi connectivity index (χ3v) is 2.29. The number of rotatable bonds is 4. The summed E-state index contributed by atoms with van der Waals surface area (Å²) in [6.45, 7) is 4.14. The molecule has 94 valence electrons. The van der Waals surface area contributed by atoms with E-state index in [1.165, 1.54) is 0 Å². The molecule has 1 amide bonds. The smallest absolute Gasteiger partial charge is 0.257 e. The van der Waals surface area contributed by atoms with Crippen molar-refractivity contribution in [2.75, 3.05) is 11.9 Å². The van der Waals surface area contributed by atoms with E-state index >= 15 is 0 Å². The van der Waals surface area contributed by atoms with E-state index in [0.717, 1.165) is 0 Å². The van der Waals surface area contributed by atoms with Gasteiger partial charge in [0.15, 0.2) is 0 Å². The zero-order valence-electron chi connectivity index (χ0n) is 10.1. The summed E-state index contributed by atoms with van der Waals surface area (Å²) >= 11 is 0. The maximum Gasteiger partial charge on any atom is 0.257 e. The Morgan fingerprint density at radius 2 is 2.28 bits per heavy atom. The van der Waals surface area contributed by atoms with Gasteiger partial charge >= 0.3 is 0 Å². The average molecular weight is 247 g/mol. The lowest BCUT2D eigenvalue weighted by Gasteiger charge is -2.05. The Hall–Kier alpha value is -2.37. The van der Waals surface area contributed by atoms with Gasteiger partial charge in [-0.1, -0.05) is 11.2 Å². The molecule has 2 aromatic rings. The van der Waals surface area contributed by atoms with Gasteiger partial charge in [-0.05, 0) is 37.2 Å². The summed E-state index contributed by atoms with van der Waals surface area (Å²) in [5, 5.41) is 9.79. The van der Waals surface area contributed by atoms with Crippen LogP contribution >= 0.6 is 0 Å². The van der Waals surface area contributed by atoms with Crippen molar-refractivity contribution >= 4 is 11.7 Å². The molecule has 0 fully saturated rings. The Balaban J connectivity index is 2.14. The van der Waals surface area contributed by atoms with E-state index in [2.05, 4.69) is 20.3 Å². The van der Waals surface area contributed by atoms with Gasteiger partial charge in [-0.25, -0.2) is 4.63 Å². The monoisotopic (exact) mass is 247 g/mol. The third kappa shape index (κ3) is 2.65. The zero-order valence-corrected chi connectivity index (χ0v) is 10.1. The molecule has 0 aliphatic carbocycles. The molecule has 6 heteroatoms. The quantitative estimate of drug-likeness (QED) is 0.894. The number of carbonyl (C=O) groups is 1. The second kappa shape index (κ2) is 5.31. The standard InChI is InChI=1S/C12H13N3O3/c1-3-17-10-6-4-5-9(7-10)12(16)13-11-8(2)14-18-15-11/h4-7H,3H2,1-2H3,(H,13,15,16). The molecule has 1 aromatic carbocycles. The topological polar surface area (TPSA) is 77.2 Å². The summed E-state index contributed by atoms with van der Waals surface area (Å²) in [6.07, 6.45) is 0. The SMILES string of the molecule is CCOc1cccc(C(=O)Nc2nonc2C)c1. The van der Waals surface area contributed by atoms with E-state index < -0.39 is 0 Å². The number of anilines is 1. The van der Waals surface area contributed by atoms with E-state index in [9.17, 15) is 4.79 Å². The molecule has 0 saturated carbocycles. The molecular weight excluding hydrogens is 234 g/mol. The number of nitrogens with one attached hydrogen (secondary N) is 1. The lowest BCUT2D eigenvalue weighted by atomic mass is 10.2. The lowest BCUT2D eigenvalue weighted by molar-refractivity contribution is 0.102. The van der Waals surface area contributed by atoms with E-state index in [0.29, 0.717) is 29.4 Å². The Bertz CT molecular complexity index is 551. The molecule has 1 heterocycles. The molecular formula is C12H13N3O3. The number of hydrogen-bond acceptors (Lipinski definition) is 5. The fourth-order valence-electron chi connectivity index (χ4n) is 1.42. The van der Waals surface area contributed by atoms with Crippen LogP contribution in [0.4, 0.5) is 5.82 Å². The maximum absolute atomic E-state index is 11.9. The number of ether oxygens (including phenoxy) is 1. The number of hydrogen-bond donors (Lipinski definition) is 1. The van der Waals surface area contributed by atoms with Crippen LogP contribution in [0.25, 0.3) is 0 Å². The Morgan fingerprint density at radius 3 is 2.94 bits per heavy atom. The van der Waals surface area contributed by atoms with Crippen molar-refractivity contribution in [2.24, 2.45) is 0 Å². The van der Waals surface area contributed by atoms with Gasteiger partial charge in [0.25, 0.3) is 5.91 Å². The van der Waals surface area contributed by atoms with E-state index in [1.807, 2.05) is 6.92 Å². The molecule has 18 heavy (non-hydrogen) atoms. The van der Waals surface area contributed by atoms with Crippen LogP contribution < -0.4 is 10.1 Å². The van der Waals surface area contributed by atoms with Crippen LogP contribution in [0.2, 0.25) is 0 Å². The number of amides is 1. The molecule has 1 N–H and O–H groups in total. The van der Waals surface area contributed by atoms with E-state index in [-0.39, 0.29) is 5.91 Å². The number of nitrogens with zero attached hydrogens (tertiary/aromatic N) is 2. The Morgan fingerprint density at radius 1 is 1.44 bits per heavy atom. The van der Waals surface area contributed by atoms with Crippen molar-refractivity contribution in [3.63, 3.8) is 0 Å². The summed E-state index contributed by atoms with van der Waals surface area (Å²) in [6, 6.07) is 6.92. The van der Waals surface area contributed by atoms with E-state index in [4.69, 9.17) is 4.74 Å². The van der Waals surface area contributed by atoms with Gasteiger partial charge in [0.1, 0.15) is 11.4 Å². The first kappa shape index (κ1) is 12.1. The van der Waals surface area contributed by atoms with Crippen LogP contribution in [0.1, 0.15) is 23.0 Å². The van der Waals surface area contributed by atoms with Crippen LogP contribution in [-0.4, -0.2) is 22.8 Å². The highest BCUT2D eigenvalue weighted by molar-refractivity contribution is 6.04. The number of aromatic nitrogens is 2. The fourth-order valence-corrected chi connectivity index (χ4v) is 1.42. The zero-order chi connectivity index (χ0) is 13.0. The highest BCUT2D eigenvalue weighted by Gasteiger charge is 2.11. The molecule has 0 saturated heterocycles. The predicted octanol–water partition coefficient (Wildman–Crippen LogP) is 2.03. The molecule has 0 spiro atoms. The third-order valence-electron chi connectivity index (χ3n) is 2.29. The minimum atomic E-state index is -0.282. The van der Waals surface area contributed by atoms with Gasteiger partial charge < -0.3 is 10.1 Å². The van der Waals surface area contributed by atoms with Gasteiger partial charge in [-0.3, -0.25) is 4.79 Å². The normalized spacial score (nSPS) is 10.1. The van der Waals surface area contributed by atoms with Crippen molar-refractivity contribution in [3.8, 4) is 5.75 Å². The lowest BCUT2D eigenvalue weighted by Crippen LogP contribution is -2.13. The average Bonchev–Trinajstić information content (AvgIpc) is 2.76. The molecule has 2 rings (SSSR count). The number of carbonyl (C=O) groups excluding carboxylic acids is 1. The first-order valence-corrected chi connectivity index (χ1v) is 5.54. The molecule has 0 radical (unpaired) electrons. The van der Waals surface area contributed by atoms with Crippen molar-refractivity contribution in [2.45, 2.75) is 13.8 Å². The van der Waals surface area contributed by atoms with E-state index in [1.54, 1.807) is 31.2 Å². The molecule has 0 bridgehead atoms. The van der Waals surface area contributed by atoms with Crippen LogP contribution in [0.3, 0.4) is 0 Å². The van der Waals surface area contributed by atoms with Crippen molar-refractivity contribution < 1.29 is 14.2 Å². The van der Waals surface area contributed by atoms with Crippen LogP contribution in [0.5, 0.6) is 5.75 Å². The summed E-state index contributed by atoms with van der Waals surface area (Å²) in [4.78, 5) is 11.9. The summed E-state index contributed by atoms with van der Waals surface area (Å²) < 4.78 is 9.83. The first-order valence-electron chi connectivity index (χ1n) is 5.54. The molecule has 0 unspecified atom stereocenters. The van der Waals surface area contributed by atoms with Gasteiger partial charge in [0.05, 0.1) is 6.61 Å². The number of aryl methyl sites for hydroxylation is 1. The predicted molar refractivity (Wildman–Crippen MR) is 64.6 cm³/mol. The molecule has 0 aliphatic heterocycles. The molecule has 1 aromatic heterocycles. The molecule has 0 atom stereocenters. The highest BCUT2D eigenvalue weighted by Crippen LogP contribution is 2.15. The second-order valence-corrected chi connectivity index (χ2v) is 3.61. The van der Waals surface area contributed by atoms with Crippen molar-refractivity contribution in [1.82, 2.24) is 10.3 Å². The minimum Gasteiger partial charge on any atom is -0.494 e. The second-order valence-electron chi connectivity index (χ2n) is 3.61.